The number of nitrogens with zero attached hydrogens (tertiary/aromatic N) is 3. The van der Waals surface area contributed by atoms with Crippen molar-refractivity contribution >= 4 is 17.5 Å². The second kappa shape index (κ2) is 8.89. The van der Waals surface area contributed by atoms with Gasteiger partial charge in [0.1, 0.15) is 0 Å². The number of aryl methyl sites for hydroxylation is 3. The second-order valence-electron chi connectivity index (χ2n) is 7.04. The Morgan fingerprint density at radius 3 is 2.67 bits per heavy atom. The number of halogens is 1. The van der Waals surface area contributed by atoms with Crippen molar-refractivity contribution in [1.82, 2.24) is 25.4 Å². The van der Waals surface area contributed by atoms with E-state index in [1.54, 1.807) is 10.6 Å². The Morgan fingerprint density at radius 1 is 1.20 bits per heavy atom. The molecule has 3 rings (SSSR count). The van der Waals surface area contributed by atoms with Crippen molar-refractivity contribution in [2.45, 2.75) is 46.6 Å². The Bertz CT molecular complexity index is 1100. The largest absolute Gasteiger partial charge is 0.478 e. The predicted octanol–water partition coefficient (Wildman–Crippen LogP) is 2.34. The van der Waals surface area contributed by atoms with Gasteiger partial charge in [-0.3, -0.25) is 20.4 Å². The number of para-hydroxylation sites is 1. The zero-order valence-corrected chi connectivity index (χ0v) is 17.3. The number of hydrogen-bond donors (Lipinski definition) is 2. The van der Waals surface area contributed by atoms with Crippen LogP contribution < -0.4 is 15.6 Å². The maximum atomic E-state index is 13.6. The molecule has 1 atom stereocenters. The molecular formula is C21H24FN5O3. The molecule has 158 valence electrons. The topological polar surface area (TPSA) is 97.6 Å². The third kappa shape index (κ3) is 4.73. The lowest BCUT2D eigenvalue weighted by molar-refractivity contribution is -0.132. The Morgan fingerprint density at radius 2 is 1.93 bits per heavy atom. The van der Waals surface area contributed by atoms with Crippen molar-refractivity contribution in [1.29, 1.82) is 0 Å². The maximum Gasteiger partial charge on any atom is 0.279 e. The number of rotatable bonds is 6. The van der Waals surface area contributed by atoms with Gasteiger partial charge in [-0.1, -0.05) is 12.1 Å². The molecule has 1 aromatic carbocycles. The number of amides is 2. The van der Waals surface area contributed by atoms with Gasteiger partial charge in [0.2, 0.25) is 5.91 Å². The van der Waals surface area contributed by atoms with Crippen LogP contribution in [0.2, 0.25) is 0 Å². The number of benzene rings is 1. The third-order valence-electron chi connectivity index (χ3n) is 4.72. The first-order valence-electron chi connectivity index (χ1n) is 9.58. The first-order chi connectivity index (χ1) is 14.3. The zero-order valence-electron chi connectivity index (χ0n) is 17.3. The van der Waals surface area contributed by atoms with E-state index < -0.39 is 17.8 Å². The highest BCUT2D eigenvalue weighted by Gasteiger charge is 2.18. The number of hydrogen-bond acceptors (Lipinski definition) is 5. The Balaban J connectivity index is 1.53. The quantitative estimate of drug-likeness (QED) is 0.605. The summed E-state index contributed by atoms with van der Waals surface area (Å²) in [6.07, 6.45) is -0.387. The standard InChI is InChI=1S/C21H24FN5O3/c1-12-11-19-23-13(2)16(14(3)27(19)26-12)9-10-20(28)24-25-21(29)15(4)30-18-8-6-5-7-17(18)22/h5-8,11,15H,9-10H2,1-4H3,(H,24,28)(H,25,29). The summed E-state index contributed by atoms with van der Waals surface area (Å²) in [6.45, 7) is 7.20. The lowest BCUT2D eigenvalue weighted by atomic mass is 10.1. The summed E-state index contributed by atoms with van der Waals surface area (Å²) >= 11 is 0. The van der Waals surface area contributed by atoms with E-state index in [1.165, 1.54) is 25.1 Å². The van der Waals surface area contributed by atoms with Crippen molar-refractivity contribution in [3.05, 3.63) is 58.8 Å². The number of ether oxygens (including phenoxy) is 1. The van der Waals surface area contributed by atoms with Crippen molar-refractivity contribution in [3.63, 3.8) is 0 Å². The number of carbonyl (C=O) groups is 2. The minimum atomic E-state index is -0.985. The molecule has 1 unspecified atom stereocenters. The molecule has 3 aromatic rings. The predicted molar refractivity (Wildman–Crippen MR) is 108 cm³/mol. The normalized spacial score (nSPS) is 11.9. The number of nitrogens with one attached hydrogen (secondary N) is 2. The van der Waals surface area contributed by atoms with Crippen molar-refractivity contribution in [3.8, 4) is 5.75 Å². The fraction of sp³-hybridized carbons (Fsp3) is 0.333. The SMILES string of the molecule is Cc1cc2nc(C)c(CCC(=O)NNC(=O)C(C)Oc3ccccc3F)c(C)n2n1. The van der Waals surface area contributed by atoms with Gasteiger partial charge in [0.25, 0.3) is 5.91 Å². The van der Waals surface area contributed by atoms with E-state index >= 15 is 0 Å². The molecule has 0 aliphatic heterocycles. The first-order valence-corrected chi connectivity index (χ1v) is 9.58. The molecule has 0 bridgehead atoms. The molecule has 30 heavy (non-hydrogen) atoms. The molecule has 2 heterocycles. The van der Waals surface area contributed by atoms with Crippen molar-refractivity contribution in [2.75, 3.05) is 0 Å². The van der Waals surface area contributed by atoms with Gasteiger partial charge in [0.15, 0.2) is 23.3 Å². The molecule has 0 saturated carbocycles. The summed E-state index contributed by atoms with van der Waals surface area (Å²) in [6, 6.07) is 7.69. The van der Waals surface area contributed by atoms with Crippen LogP contribution >= 0.6 is 0 Å². The molecule has 0 radical (unpaired) electrons. The summed E-state index contributed by atoms with van der Waals surface area (Å²) in [5, 5.41) is 4.42. The van der Waals surface area contributed by atoms with Crippen molar-refractivity contribution in [2.24, 2.45) is 0 Å². The van der Waals surface area contributed by atoms with E-state index in [0.29, 0.717) is 6.42 Å². The molecular weight excluding hydrogens is 389 g/mol. The van der Waals surface area contributed by atoms with Gasteiger partial charge < -0.3 is 4.74 Å². The average molecular weight is 413 g/mol. The number of aromatic nitrogens is 3. The number of hydrazine groups is 1. The van der Waals surface area contributed by atoms with Crippen LogP contribution in [0.5, 0.6) is 5.75 Å². The summed E-state index contributed by atoms with van der Waals surface area (Å²) < 4.78 is 20.7. The van der Waals surface area contributed by atoms with E-state index in [1.807, 2.05) is 26.8 Å². The van der Waals surface area contributed by atoms with Gasteiger partial charge in [-0.2, -0.15) is 5.10 Å². The van der Waals surface area contributed by atoms with Gasteiger partial charge in [0, 0.05) is 23.9 Å². The monoisotopic (exact) mass is 413 g/mol. The van der Waals surface area contributed by atoms with Crippen LogP contribution in [0.1, 0.15) is 36.0 Å². The summed E-state index contributed by atoms with van der Waals surface area (Å²) in [7, 11) is 0. The van der Waals surface area contributed by atoms with E-state index in [9.17, 15) is 14.0 Å². The minimum absolute atomic E-state index is 0.0332. The molecule has 0 fully saturated rings. The molecule has 8 nitrogen and oxygen atoms in total. The lowest BCUT2D eigenvalue weighted by Crippen LogP contribution is -2.47. The average Bonchev–Trinajstić information content (AvgIpc) is 3.07. The molecule has 2 N–H and O–H groups in total. The van der Waals surface area contributed by atoms with E-state index in [0.717, 1.165) is 28.3 Å². The minimum Gasteiger partial charge on any atom is -0.478 e. The summed E-state index contributed by atoms with van der Waals surface area (Å²) in [4.78, 5) is 28.8. The van der Waals surface area contributed by atoms with Crippen LogP contribution in [-0.2, 0) is 16.0 Å². The van der Waals surface area contributed by atoms with Gasteiger partial charge in [-0.25, -0.2) is 13.9 Å². The summed E-state index contributed by atoms with van der Waals surface area (Å²) in [5.74, 6) is -1.55. The Labute approximate surface area is 173 Å². The summed E-state index contributed by atoms with van der Waals surface area (Å²) in [5.41, 5.74) is 9.00. The maximum absolute atomic E-state index is 13.6. The lowest BCUT2D eigenvalue weighted by Gasteiger charge is -2.16. The first kappa shape index (κ1) is 21.2. The van der Waals surface area contributed by atoms with Crippen LogP contribution in [0.25, 0.3) is 5.65 Å². The van der Waals surface area contributed by atoms with Crippen LogP contribution in [0, 0.1) is 26.6 Å². The Kier molecular flexibility index (Phi) is 6.29. The van der Waals surface area contributed by atoms with Crippen LogP contribution in [-0.4, -0.2) is 32.5 Å². The van der Waals surface area contributed by atoms with Gasteiger partial charge in [-0.05, 0) is 51.8 Å². The van der Waals surface area contributed by atoms with Crippen LogP contribution in [0.15, 0.2) is 30.3 Å². The van der Waals surface area contributed by atoms with Gasteiger partial charge >= 0.3 is 0 Å². The molecule has 0 aliphatic rings. The second-order valence-corrected chi connectivity index (χ2v) is 7.04. The molecule has 0 saturated heterocycles. The molecule has 9 heteroatoms. The smallest absolute Gasteiger partial charge is 0.279 e. The van der Waals surface area contributed by atoms with Gasteiger partial charge in [-0.15, -0.1) is 0 Å². The fourth-order valence-corrected chi connectivity index (χ4v) is 3.12. The highest BCUT2D eigenvalue weighted by Crippen LogP contribution is 2.18. The van der Waals surface area contributed by atoms with Gasteiger partial charge in [0.05, 0.1) is 5.69 Å². The zero-order chi connectivity index (χ0) is 21.8. The molecule has 2 aromatic heterocycles. The van der Waals surface area contributed by atoms with E-state index in [-0.39, 0.29) is 18.1 Å². The van der Waals surface area contributed by atoms with E-state index in [2.05, 4.69) is 20.9 Å². The Hall–Kier alpha value is -3.49. The highest BCUT2D eigenvalue weighted by atomic mass is 19.1. The number of carbonyl (C=O) groups excluding carboxylic acids is 2. The van der Waals surface area contributed by atoms with Crippen molar-refractivity contribution < 1.29 is 18.7 Å². The molecule has 2 amide bonds. The molecule has 0 aliphatic carbocycles. The highest BCUT2D eigenvalue weighted by molar-refractivity contribution is 5.84. The fourth-order valence-electron chi connectivity index (χ4n) is 3.12. The van der Waals surface area contributed by atoms with Crippen LogP contribution in [0.4, 0.5) is 4.39 Å². The van der Waals surface area contributed by atoms with E-state index in [4.69, 9.17) is 4.74 Å². The molecule has 0 spiro atoms. The van der Waals surface area contributed by atoms with Crippen LogP contribution in [0.3, 0.4) is 0 Å². The number of fused-ring (bicyclic) bond motifs is 1. The third-order valence-corrected chi connectivity index (χ3v) is 4.72.